The van der Waals surface area contributed by atoms with E-state index in [-0.39, 0.29) is 30.9 Å². The highest BCUT2D eigenvalue weighted by Gasteiger charge is 2.24. The second-order valence-corrected chi connectivity index (χ2v) is 7.47. The summed E-state index contributed by atoms with van der Waals surface area (Å²) in [5.41, 5.74) is 1.49. The van der Waals surface area contributed by atoms with Crippen molar-refractivity contribution in [2.75, 3.05) is 6.61 Å². The third kappa shape index (κ3) is 8.04. The topological polar surface area (TPSA) is 114 Å². The maximum absolute atomic E-state index is 11.9. The van der Waals surface area contributed by atoms with Gasteiger partial charge in [0.05, 0.1) is 17.7 Å². The smallest absolute Gasteiger partial charge is 0.409 e. The number of alkyl carbamates (subject to hydrolysis) is 1. The van der Waals surface area contributed by atoms with Gasteiger partial charge in [-0.25, -0.2) is 9.59 Å². The van der Waals surface area contributed by atoms with Crippen LogP contribution in [-0.4, -0.2) is 35.2 Å². The molecule has 0 saturated heterocycles. The van der Waals surface area contributed by atoms with Crippen molar-refractivity contribution in [2.24, 2.45) is 0 Å². The van der Waals surface area contributed by atoms with Crippen molar-refractivity contribution in [1.29, 1.82) is 0 Å². The first-order valence-electron chi connectivity index (χ1n) is 9.17. The van der Waals surface area contributed by atoms with Crippen LogP contribution in [0.25, 0.3) is 0 Å². The van der Waals surface area contributed by atoms with Gasteiger partial charge in [0, 0.05) is 0 Å². The first-order chi connectivity index (χ1) is 14.3. The fraction of sp³-hybridized carbons (Fsp3) is 0.286. The van der Waals surface area contributed by atoms with Gasteiger partial charge in [0.25, 0.3) is 0 Å². The lowest BCUT2D eigenvalue weighted by atomic mass is 10.1. The molecule has 3 N–H and O–H groups in total. The second-order valence-electron chi connectivity index (χ2n) is 6.49. The van der Waals surface area contributed by atoms with Gasteiger partial charge in [0.15, 0.2) is 5.50 Å². The molecule has 1 unspecified atom stereocenters. The fourth-order valence-corrected chi connectivity index (χ4v) is 3.11. The lowest BCUT2D eigenvalue weighted by Gasteiger charge is -2.15. The summed E-state index contributed by atoms with van der Waals surface area (Å²) >= 11 is 1.18. The highest BCUT2D eigenvalue weighted by atomic mass is 32.2. The summed E-state index contributed by atoms with van der Waals surface area (Å²) in [6.45, 7) is 4.03. The summed E-state index contributed by atoms with van der Waals surface area (Å²) in [6, 6.07) is 9.23. The maximum Gasteiger partial charge on any atom is 0.409 e. The molecule has 1 amide bonds. The number of thioether (sulfide) groups is 1. The molecule has 0 aromatic heterocycles. The van der Waals surface area contributed by atoms with Crippen molar-refractivity contribution in [3.8, 4) is 0 Å². The van der Waals surface area contributed by atoms with Gasteiger partial charge in [-0.3, -0.25) is 10.1 Å². The van der Waals surface area contributed by atoms with E-state index in [0.29, 0.717) is 0 Å². The van der Waals surface area contributed by atoms with Crippen LogP contribution in [0.15, 0.2) is 64.7 Å². The molecule has 2 rings (SSSR count). The van der Waals surface area contributed by atoms with Crippen LogP contribution in [0.5, 0.6) is 0 Å². The number of hydrogen-bond acceptors (Lipinski definition) is 7. The Labute approximate surface area is 179 Å². The second kappa shape index (κ2) is 11.7. The molecule has 0 saturated carbocycles. The number of carboxylic acid groups (broad SMARTS) is 1. The van der Waals surface area contributed by atoms with Crippen LogP contribution in [0.3, 0.4) is 0 Å². The number of allylic oxidation sites excluding steroid dienone is 1. The van der Waals surface area contributed by atoms with Gasteiger partial charge in [-0.05, 0) is 30.9 Å². The molecule has 0 aliphatic carbocycles. The van der Waals surface area contributed by atoms with Gasteiger partial charge < -0.3 is 19.9 Å². The fourth-order valence-electron chi connectivity index (χ4n) is 2.29. The van der Waals surface area contributed by atoms with Crippen LogP contribution in [-0.2, 0) is 25.7 Å². The highest BCUT2D eigenvalue weighted by molar-refractivity contribution is 8.02. The predicted octanol–water partition coefficient (Wildman–Crippen LogP) is 3.28. The molecule has 1 aliphatic rings. The first-order valence-corrected chi connectivity index (χ1v) is 10.1. The summed E-state index contributed by atoms with van der Waals surface area (Å²) in [5.74, 6) is -1.73. The van der Waals surface area contributed by atoms with E-state index in [2.05, 4.69) is 10.6 Å². The van der Waals surface area contributed by atoms with Crippen LogP contribution >= 0.6 is 11.8 Å². The number of hydrogen-bond donors (Lipinski definition) is 3. The van der Waals surface area contributed by atoms with Crippen LogP contribution < -0.4 is 10.6 Å². The molecule has 8 nitrogen and oxygen atoms in total. The third-order valence-electron chi connectivity index (χ3n) is 3.80. The van der Waals surface area contributed by atoms with Crippen LogP contribution in [0.2, 0.25) is 0 Å². The Balaban J connectivity index is 1.82. The maximum atomic E-state index is 11.9. The van der Waals surface area contributed by atoms with E-state index in [9.17, 15) is 19.5 Å². The minimum atomic E-state index is -1.20. The molecule has 1 heterocycles. The molecule has 1 aromatic carbocycles. The van der Waals surface area contributed by atoms with Gasteiger partial charge in [-0.2, -0.15) is 0 Å². The average molecular weight is 432 g/mol. The number of ether oxygens (including phenoxy) is 2. The summed E-state index contributed by atoms with van der Waals surface area (Å²) < 4.78 is 10.2. The SMILES string of the molecule is CC(C)=CCOC(=O)C/C=C(\C(=O)O)C1=CSC(NC(=O)OCc2ccccc2)N1. The van der Waals surface area contributed by atoms with Crippen molar-refractivity contribution in [3.05, 3.63) is 70.3 Å². The van der Waals surface area contributed by atoms with Crippen LogP contribution in [0.4, 0.5) is 4.79 Å². The van der Waals surface area contributed by atoms with Gasteiger partial charge >= 0.3 is 18.0 Å². The molecule has 0 fully saturated rings. The van der Waals surface area contributed by atoms with Crippen LogP contribution in [0, 0.1) is 0 Å². The quantitative estimate of drug-likeness (QED) is 0.309. The summed E-state index contributed by atoms with van der Waals surface area (Å²) in [7, 11) is 0. The average Bonchev–Trinajstić information content (AvgIpc) is 3.14. The molecule has 160 valence electrons. The molecule has 0 radical (unpaired) electrons. The number of benzene rings is 1. The number of esters is 1. The Bertz CT molecular complexity index is 860. The number of aliphatic carboxylic acids is 1. The molecular weight excluding hydrogens is 408 g/mol. The lowest BCUT2D eigenvalue weighted by molar-refractivity contribution is -0.141. The molecule has 1 aromatic rings. The summed E-state index contributed by atoms with van der Waals surface area (Å²) in [4.78, 5) is 35.3. The van der Waals surface area contributed by atoms with Crippen molar-refractivity contribution < 1.29 is 29.0 Å². The highest BCUT2D eigenvalue weighted by Crippen LogP contribution is 2.24. The molecular formula is C21H24N2O6S. The number of carbonyl (C=O) groups excluding carboxylic acids is 2. The minimum absolute atomic E-state index is 0.0800. The predicted molar refractivity (Wildman–Crippen MR) is 113 cm³/mol. The molecule has 30 heavy (non-hydrogen) atoms. The Hall–Kier alpha value is -3.20. The number of carbonyl (C=O) groups is 3. The Kier molecular flexibility index (Phi) is 9.02. The molecule has 9 heteroatoms. The summed E-state index contributed by atoms with van der Waals surface area (Å²) in [6.07, 6.45) is 2.22. The largest absolute Gasteiger partial charge is 0.478 e. The number of amides is 1. The van der Waals surface area contributed by atoms with Gasteiger partial charge in [0.1, 0.15) is 13.2 Å². The van der Waals surface area contributed by atoms with E-state index in [0.717, 1.165) is 11.1 Å². The number of nitrogens with one attached hydrogen (secondary N) is 2. The first kappa shape index (κ1) is 23.1. The summed E-state index contributed by atoms with van der Waals surface area (Å²) in [5, 5.41) is 16.5. The minimum Gasteiger partial charge on any atom is -0.478 e. The Morgan fingerprint density at radius 2 is 1.90 bits per heavy atom. The molecule has 0 bridgehead atoms. The lowest BCUT2D eigenvalue weighted by Crippen LogP contribution is -2.40. The molecule has 0 spiro atoms. The van der Waals surface area contributed by atoms with E-state index in [1.807, 2.05) is 44.2 Å². The molecule has 1 atom stereocenters. The Morgan fingerprint density at radius 3 is 2.57 bits per heavy atom. The monoisotopic (exact) mass is 432 g/mol. The van der Waals surface area contributed by atoms with Crippen molar-refractivity contribution >= 4 is 29.8 Å². The third-order valence-corrected chi connectivity index (χ3v) is 4.68. The Morgan fingerprint density at radius 1 is 1.17 bits per heavy atom. The normalized spacial score (nSPS) is 15.5. The van der Waals surface area contributed by atoms with Crippen molar-refractivity contribution in [3.63, 3.8) is 0 Å². The van der Waals surface area contributed by atoms with E-state index in [4.69, 9.17) is 9.47 Å². The molecule has 1 aliphatic heterocycles. The van der Waals surface area contributed by atoms with Crippen molar-refractivity contribution in [1.82, 2.24) is 10.6 Å². The van der Waals surface area contributed by atoms with Gasteiger partial charge in [-0.1, -0.05) is 53.7 Å². The zero-order chi connectivity index (χ0) is 21.9. The number of rotatable bonds is 9. The van der Waals surface area contributed by atoms with E-state index < -0.39 is 23.5 Å². The standard InChI is InChI=1S/C21H24N2O6S/c1-14(2)10-11-28-18(24)9-8-16(19(25)26)17-13-30-20(22-17)23-21(27)29-12-15-6-4-3-5-7-15/h3-8,10,13,20,22H,9,11-12H2,1-2H3,(H,23,27)(H,25,26)/b16-8-. The van der Waals surface area contributed by atoms with E-state index in [1.54, 1.807) is 11.5 Å². The van der Waals surface area contributed by atoms with Crippen LogP contribution in [0.1, 0.15) is 25.8 Å². The van der Waals surface area contributed by atoms with E-state index >= 15 is 0 Å². The zero-order valence-corrected chi connectivity index (χ0v) is 17.5. The van der Waals surface area contributed by atoms with Gasteiger partial charge in [0.2, 0.25) is 0 Å². The van der Waals surface area contributed by atoms with Gasteiger partial charge in [-0.15, -0.1) is 0 Å². The zero-order valence-electron chi connectivity index (χ0n) is 16.7. The number of carboxylic acids is 1. The van der Waals surface area contributed by atoms with E-state index in [1.165, 1.54) is 17.8 Å². The van der Waals surface area contributed by atoms with Crippen molar-refractivity contribution in [2.45, 2.75) is 32.4 Å².